The molecule has 1 aliphatic heterocycles. The second-order valence-electron chi connectivity index (χ2n) is 13.5. The van der Waals surface area contributed by atoms with Gasteiger partial charge in [0, 0.05) is 23.5 Å². The smallest absolute Gasteiger partial charge is 0.407 e. The number of hydrogen-bond acceptors (Lipinski definition) is 12. The van der Waals surface area contributed by atoms with Gasteiger partial charge in [0.2, 0.25) is 5.91 Å². The summed E-state index contributed by atoms with van der Waals surface area (Å²) in [5.41, 5.74) is 20.3. The van der Waals surface area contributed by atoms with Crippen LogP contribution < -0.4 is 46.0 Å². The molecule has 0 spiro atoms. The maximum Gasteiger partial charge on any atom is 0.407 e. The standard InChI is InChI=1S/C15H20N2O3.C11H13NO2.C4H8ClNO.C4H9NO2.C3H5NO2.CH4.Cl5P.ClH/c1-4-20-13(18)10-7-11-5-8-12(9-6-11)17-14(19)15(2,3)16;1-2-14-11(13)8-5-9-3-6-10(12)7-4-9;1-4(2,6)3(5)7;1-4(2,5)3(6)7;5-3-4-1-2-6-3;;1-6(2,3,4)5;/h5-10H,4,16H2,1-3H3,(H,17,19);3-8H,2,12H2,1H3;6H2,1-2H3;5H2,1-2H3,(H,6,7);1-2H2,(H,4,5);1H4;;1H. The van der Waals surface area contributed by atoms with Gasteiger partial charge in [0.05, 0.1) is 25.3 Å². The van der Waals surface area contributed by atoms with E-state index in [1.54, 1.807) is 90.1 Å². The molecule has 0 aliphatic carbocycles. The van der Waals surface area contributed by atoms with Crippen molar-refractivity contribution in [2.45, 2.75) is 79.4 Å². The molecule has 0 aromatic heterocycles. The first kappa shape index (κ1) is 67.9. The third-order valence-electron chi connectivity index (χ3n) is 5.78. The Kier molecular flexibility index (Phi) is 35.6. The maximum absolute atomic E-state index is 11.7. The monoisotopic (exact) mass is 1040 g/mol. The Labute approximate surface area is 399 Å². The second kappa shape index (κ2) is 32.5. The van der Waals surface area contributed by atoms with Crippen molar-refractivity contribution in [1.29, 1.82) is 0 Å². The van der Waals surface area contributed by atoms with E-state index in [4.69, 9.17) is 99.6 Å². The fourth-order valence-electron chi connectivity index (χ4n) is 2.63. The number of halogens is 7. The van der Waals surface area contributed by atoms with E-state index >= 15 is 0 Å². The summed E-state index contributed by atoms with van der Waals surface area (Å²) in [5, 5.41) is 12.9. The Morgan fingerprint density at radius 1 is 0.823 bits per heavy atom. The number of rotatable bonds is 10. The number of nitrogens with two attached hydrogens (primary N) is 3. The number of carboxylic acids is 1. The molecule has 2 amide bonds. The van der Waals surface area contributed by atoms with E-state index in [2.05, 4.69) is 21.1 Å². The first-order valence-corrected chi connectivity index (χ1v) is 24.6. The fraction of sp³-hybridized carbons (Fsp3) is 0.421. The summed E-state index contributed by atoms with van der Waals surface area (Å²) in [6, 6.07) is 14.3. The van der Waals surface area contributed by atoms with Crippen molar-refractivity contribution in [3.05, 3.63) is 71.8 Å². The van der Waals surface area contributed by atoms with Crippen LogP contribution in [0.25, 0.3) is 12.2 Å². The number of hydrogen-bond donors (Lipinski definition) is 7. The van der Waals surface area contributed by atoms with Gasteiger partial charge in [-0.25, -0.2) is 14.4 Å². The zero-order valence-electron chi connectivity index (χ0n) is 34.9. The number of carboxylic acid groups (broad SMARTS) is 1. The first-order chi connectivity index (χ1) is 27.1. The number of nitrogens with one attached hydrogen (secondary N) is 2. The van der Waals surface area contributed by atoms with Gasteiger partial charge < -0.3 is 65.3 Å². The molecule has 16 nitrogen and oxygen atoms in total. The molecule has 1 aliphatic rings. The first-order valence-electron chi connectivity index (χ1n) is 17.4. The molecule has 1 saturated heterocycles. The van der Waals surface area contributed by atoms with Crippen LogP contribution in [0.15, 0.2) is 60.7 Å². The molecule has 62 heavy (non-hydrogen) atoms. The molecule has 2 aromatic carbocycles. The molecule has 1 heterocycles. The third-order valence-corrected chi connectivity index (χ3v) is 6.29. The van der Waals surface area contributed by atoms with Gasteiger partial charge in [-0.2, -0.15) is 0 Å². The summed E-state index contributed by atoms with van der Waals surface area (Å²) in [6.45, 7) is 15.0. The summed E-state index contributed by atoms with van der Waals surface area (Å²) < 4.78 is 10.2. The number of cyclic esters (lactones) is 1. The third kappa shape index (κ3) is 46.4. The number of nitrogen functional groups attached to an aromatic ring is 1. The number of carbonyl (C=O) groups excluding carboxylic acids is 5. The molecular weight excluding hydrogens is 980 g/mol. The zero-order valence-corrected chi connectivity index (χ0v) is 41.1. The van der Waals surface area contributed by atoms with E-state index in [0.717, 1.165) is 11.1 Å². The Morgan fingerprint density at radius 2 is 1.16 bits per heavy atom. The number of alkyl carbamates (subject to hydrolysis) is 1. The molecule has 3 rings (SSSR count). The molecule has 12 N–H and O–H groups in total. The second-order valence-corrected chi connectivity index (χ2v) is 30.5. The average molecular weight is 1040 g/mol. The SMILES string of the molecule is C.CC(C)(N)C(=O)O.CC(C)([NH3+])C(=O)Cl.CCOC(=O)C=Cc1ccc(N)cc1.CCOC(=O)C=Cc1ccc(NC(=O)C(C)(C)N)cc1.ClP(Cl)(Cl)(Cl)Cl.O=C1NCCO1.[Cl-]. The van der Waals surface area contributed by atoms with Crippen LogP contribution in [0.2, 0.25) is 0 Å². The normalized spacial score (nSPS) is 12.3. The molecule has 24 heteroatoms. The predicted octanol–water partition coefficient (Wildman–Crippen LogP) is 5.04. The van der Waals surface area contributed by atoms with Gasteiger partial charge in [-0.3, -0.25) is 14.4 Å². The molecule has 1 fully saturated rings. The Hall–Kier alpha value is -3.12. The van der Waals surface area contributed by atoms with Gasteiger partial charge in [-0.05, 0) is 115 Å². The summed E-state index contributed by atoms with van der Waals surface area (Å²) in [4.78, 5) is 63.8. The average Bonchev–Trinajstić information content (AvgIpc) is 3.57. The van der Waals surface area contributed by atoms with Gasteiger partial charge in [-0.1, -0.05) is 31.7 Å². The predicted molar refractivity (Wildman–Crippen MR) is 252 cm³/mol. The zero-order chi connectivity index (χ0) is 47.6. The van der Waals surface area contributed by atoms with Gasteiger partial charge >= 0.3 is 83.6 Å². The Morgan fingerprint density at radius 3 is 1.39 bits per heavy atom. The maximum atomic E-state index is 11.7. The van der Waals surface area contributed by atoms with Crippen LogP contribution in [0.5, 0.6) is 0 Å². The largest absolute Gasteiger partial charge is 1.00 e. The van der Waals surface area contributed by atoms with E-state index < -0.39 is 31.2 Å². The van der Waals surface area contributed by atoms with Crippen LogP contribution in [0.3, 0.4) is 0 Å². The van der Waals surface area contributed by atoms with E-state index in [1.807, 2.05) is 12.1 Å². The molecule has 0 atom stereocenters. The van der Waals surface area contributed by atoms with E-state index in [9.17, 15) is 28.8 Å². The quantitative estimate of drug-likeness (QED) is 0.0411. The molecule has 0 bridgehead atoms. The van der Waals surface area contributed by atoms with E-state index in [-0.39, 0.29) is 43.8 Å². The molecule has 2 aromatic rings. The minimum atomic E-state index is -3.69. The van der Waals surface area contributed by atoms with Crippen molar-refractivity contribution in [2.24, 2.45) is 11.5 Å². The number of carbonyl (C=O) groups is 6. The van der Waals surface area contributed by atoms with Gasteiger partial charge in [-0.15, -0.1) is 0 Å². The van der Waals surface area contributed by atoms with Crippen LogP contribution in [0.4, 0.5) is 16.2 Å². The Bertz CT molecular complexity index is 1680. The molecular formula is C38H60Cl7N6O10P. The van der Waals surface area contributed by atoms with Gasteiger partial charge in [0.1, 0.15) is 12.1 Å². The van der Waals surface area contributed by atoms with Crippen molar-refractivity contribution >= 4 is 130 Å². The molecule has 0 saturated carbocycles. The number of esters is 2. The van der Waals surface area contributed by atoms with Crippen molar-refractivity contribution in [3.8, 4) is 0 Å². The van der Waals surface area contributed by atoms with Crippen LogP contribution in [-0.4, -0.2) is 83.2 Å². The van der Waals surface area contributed by atoms with Crippen molar-refractivity contribution in [3.63, 3.8) is 0 Å². The summed E-state index contributed by atoms with van der Waals surface area (Å²) in [5.74, 6) is -1.95. The summed E-state index contributed by atoms with van der Waals surface area (Å²) in [7, 11) is 0. The number of anilines is 2. The number of benzene rings is 2. The van der Waals surface area contributed by atoms with Crippen LogP contribution in [-0.2, 0) is 38.2 Å². The molecule has 0 unspecified atom stereocenters. The minimum absolute atomic E-state index is 0. The van der Waals surface area contributed by atoms with Crippen LogP contribution >= 0.6 is 71.2 Å². The molecule has 0 radical (unpaired) electrons. The number of ether oxygens (including phenoxy) is 3. The summed E-state index contributed by atoms with van der Waals surface area (Å²) >= 11 is 29.9. The topological polar surface area (TPSA) is 280 Å². The van der Waals surface area contributed by atoms with E-state index in [0.29, 0.717) is 37.7 Å². The van der Waals surface area contributed by atoms with Crippen molar-refractivity contribution in [1.82, 2.24) is 5.32 Å². The number of quaternary nitrogens is 1. The van der Waals surface area contributed by atoms with Gasteiger partial charge in [0.15, 0.2) is 5.54 Å². The van der Waals surface area contributed by atoms with Crippen LogP contribution in [0.1, 0.15) is 73.9 Å². The van der Waals surface area contributed by atoms with Crippen LogP contribution in [0, 0.1) is 0 Å². The molecule has 356 valence electrons. The fourth-order valence-corrected chi connectivity index (χ4v) is 2.63. The summed E-state index contributed by atoms with van der Waals surface area (Å²) in [6.07, 6.45) is 5.80. The van der Waals surface area contributed by atoms with E-state index in [1.165, 1.54) is 26.0 Å². The van der Waals surface area contributed by atoms with Crippen molar-refractivity contribution in [2.75, 3.05) is 37.4 Å². The number of amides is 2. The van der Waals surface area contributed by atoms with Gasteiger partial charge in [0.25, 0.3) is 5.24 Å². The van der Waals surface area contributed by atoms with Crippen molar-refractivity contribution < 1.29 is 66.2 Å². The minimum Gasteiger partial charge on any atom is -1.00 e. The number of aliphatic carboxylic acids is 1. The Balaban J connectivity index is -0.000000225.